The van der Waals surface area contributed by atoms with Crippen molar-refractivity contribution < 1.29 is 36.2 Å². The summed E-state index contributed by atoms with van der Waals surface area (Å²) < 4.78 is 10.5. The van der Waals surface area contributed by atoms with E-state index in [-0.39, 0.29) is 11.9 Å². The van der Waals surface area contributed by atoms with Crippen molar-refractivity contribution in [3.05, 3.63) is 0 Å². The van der Waals surface area contributed by atoms with Gasteiger partial charge < -0.3 is 0 Å². The van der Waals surface area contributed by atoms with Gasteiger partial charge in [-0.2, -0.15) is 0 Å². The number of carbonyl (C=O) groups is 2. The van der Waals surface area contributed by atoms with Crippen molar-refractivity contribution in [2.24, 2.45) is 10.8 Å². The molecule has 23 heavy (non-hydrogen) atoms. The quantitative estimate of drug-likeness (QED) is 0.315. The van der Waals surface area contributed by atoms with Crippen LogP contribution in [0, 0.1) is 10.8 Å². The summed E-state index contributed by atoms with van der Waals surface area (Å²) in [6.45, 7) is 12.4. The van der Waals surface area contributed by atoms with Gasteiger partial charge in [0.2, 0.25) is 0 Å². The van der Waals surface area contributed by atoms with E-state index in [0.717, 1.165) is 12.8 Å². The molecule has 0 rings (SSSR count). The maximum absolute atomic E-state index is 11.6. The molecular weight excluding hydrogens is 346 g/mol. The summed E-state index contributed by atoms with van der Waals surface area (Å²) in [6.07, 6.45) is 4.32. The summed E-state index contributed by atoms with van der Waals surface area (Å²) in [5.74, 6) is -0.215. The average Bonchev–Trinajstić information content (AvgIpc) is 2.42. The van der Waals surface area contributed by atoms with Crippen molar-refractivity contribution in [3.8, 4) is 0 Å². The first-order valence-electron chi connectivity index (χ1n) is 8.89. The van der Waals surface area contributed by atoms with Crippen LogP contribution in [-0.2, 0) is 36.2 Å². The Bertz CT molecular complexity index is 319. The first-order chi connectivity index (χ1) is 10.5. The molecule has 0 aliphatic carbocycles. The first kappa shape index (κ1) is 22.6. The maximum atomic E-state index is 11.6. The zero-order valence-electron chi connectivity index (χ0n) is 16.0. The number of hydrogen-bond acceptors (Lipinski definition) is 4. The molecule has 0 heterocycles. The van der Waals surface area contributed by atoms with Gasteiger partial charge in [0.15, 0.2) is 0 Å². The molecule has 0 amide bonds. The standard InChI is InChI=1S/2C9H17O2.Zn/c2*1-5-6-7-11-8(10)9(2,3)4;/h2*1,5-7H2,2-4H3;. The second-order valence-corrected chi connectivity index (χ2v) is 12.7. The molecule has 0 aromatic carbocycles. The van der Waals surface area contributed by atoms with E-state index in [4.69, 9.17) is 9.47 Å². The molecule has 0 unspecified atom stereocenters. The number of rotatable bonds is 10. The summed E-state index contributed by atoms with van der Waals surface area (Å²) in [7, 11) is 0. The van der Waals surface area contributed by atoms with Crippen LogP contribution in [0.5, 0.6) is 0 Å². The minimum absolute atomic E-state index is 0.108. The number of carbonyl (C=O) groups excluding carboxylic acids is 2. The topological polar surface area (TPSA) is 52.6 Å². The molecule has 0 saturated carbocycles. The predicted molar refractivity (Wildman–Crippen MR) is 88.9 cm³/mol. The molecule has 0 spiro atoms. The van der Waals surface area contributed by atoms with Crippen molar-refractivity contribution >= 4 is 11.9 Å². The van der Waals surface area contributed by atoms with E-state index in [1.54, 1.807) is 0 Å². The van der Waals surface area contributed by atoms with E-state index in [0.29, 0.717) is 13.2 Å². The summed E-state index contributed by atoms with van der Waals surface area (Å²) in [6, 6.07) is 0. The molecule has 0 bridgehead atoms. The normalized spacial score (nSPS) is 11.7. The van der Waals surface area contributed by atoms with Crippen LogP contribution in [0.3, 0.4) is 0 Å². The molecule has 0 atom stereocenters. The van der Waals surface area contributed by atoms with Crippen molar-refractivity contribution in [3.63, 3.8) is 0 Å². The van der Waals surface area contributed by atoms with Crippen LogP contribution in [0.4, 0.5) is 0 Å². The molecule has 0 N–H and O–H groups in total. The van der Waals surface area contributed by atoms with Crippen LogP contribution >= 0.6 is 0 Å². The summed E-state index contributed by atoms with van der Waals surface area (Å²) in [4.78, 5) is 23.1. The summed E-state index contributed by atoms with van der Waals surface area (Å²) in [5, 5.41) is 2.70. The molecule has 0 aliphatic rings. The van der Waals surface area contributed by atoms with Gasteiger partial charge in [0.25, 0.3) is 0 Å². The Labute approximate surface area is 149 Å². The fraction of sp³-hybridized carbons (Fsp3) is 0.889. The van der Waals surface area contributed by atoms with Crippen LogP contribution in [0.25, 0.3) is 0 Å². The molecule has 132 valence electrons. The van der Waals surface area contributed by atoms with Gasteiger partial charge in [-0.05, 0) is 0 Å². The molecule has 0 radical (unpaired) electrons. The Kier molecular flexibility index (Phi) is 11.0. The van der Waals surface area contributed by atoms with Crippen LogP contribution < -0.4 is 0 Å². The number of unbranched alkanes of at least 4 members (excludes halogenated alkanes) is 2. The fourth-order valence-electron chi connectivity index (χ4n) is 1.85. The van der Waals surface area contributed by atoms with Crippen LogP contribution in [0.15, 0.2) is 0 Å². The van der Waals surface area contributed by atoms with E-state index >= 15 is 0 Å². The van der Waals surface area contributed by atoms with E-state index in [1.807, 2.05) is 41.5 Å². The Balaban J connectivity index is 3.35. The Morgan fingerprint density at radius 2 is 1.04 bits per heavy atom. The van der Waals surface area contributed by atoms with Crippen LogP contribution in [0.2, 0.25) is 10.0 Å². The Morgan fingerprint density at radius 3 is 1.35 bits per heavy atom. The van der Waals surface area contributed by atoms with Crippen molar-refractivity contribution in [2.45, 2.75) is 77.3 Å². The third-order valence-corrected chi connectivity index (χ3v) is 7.68. The summed E-state index contributed by atoms with van der Waals surface area (Å²) in [5.41, 5.74) is -0.789. The zero-order chi connectivity index (χ0) is 17.9. The predicted octanol–water partition coefficient (Wildman–Crippen LogP) is 4.64. The second kappa shape index (κ2) is 11.2. The zero-order valence-corrected chi connectivity index (χ0v) is 19.0. The molecule has 5 heteroatoms. The minimum atomic E-state index is -0.439. The number of ether oxygens (including phenoxy) is 2. The molecule has 0 saturated heterocycles. The van der Waals surface area contributed by atoms with Gasteiger partial charge in [-0.25, -0.2) is 0 Å². The van der Waals surface area contributed by atoms with Crippen LogP contribution in [0.1, 0.15) is 67.2 Å². The van der Waals surface area contributed by atoms with Crippen molar-refractivity contribution in [2.75, 3.05) is 13.2 Å². The van der Waals surface area contributed by atoms with Gasteiger partial charge in [-0.1, -0.05) is 0 Å². The Hall–Kier alpha value is -0.437. The van der Waals surface area contributed by atoms with Gasteiger partial charge in [0.05, 0.1) is 0 Å². The van der Waals surface area contributed by atoms with Gasteiger partial charge in [0, 0.05) is 0 Å². The van der Waals surface area contributed by atoms with Gasteiger partial charge >= 0.3 is 149 Å². The third kappa shape index (κ3) is 12.6. The van der Waals surface area contributed by atoms with Gasteiger partial charge in [-0.3, -0.25) is 0 Å². The fourth-order valence-corrected chi connectivity index (χ4v) is 5.56. The monoisotopic (exact) mass is 378 g/mol. The van der Waals surface area contributed by atoms with E-state index in [2.05, 4.69) is 0 Å². The Morgan fingerprint density at radius 1 is 0.696 bits per heavy atom. The van der Waals surface area contributed by atoms with Crippen molar-refractivity contribution in [1.82, 2.24) is 0 Å². The van der Waals surface area contributed by atoms with Gasteiger partial charge in [0.1, 0.15) is 0 Å². The third-order valence-electron chi connectivity index (χ3n) is 3.48. The molecule has 0 fully saturated rings. The van der Waals surface area contributed by atoms with E-state index < -0.39 is 28.0 Å². The molecule has 4 nitrogen and oxygen atoms in total. The molecule has 0 aliphatic heterocycles. The first-order valence-corrected chi connectivity index (χ1v) is 13.1. The van der Waals surface area contributed by atoms with Crippen molar-refractivity contribution in [1.29, 1.82) is 0 Å². The van der Waals surface area contributed by atoms with Crippen LogP contribution in [-0.4, -0.2) is 25.2 Å². The summed E-state index contributed by atoms with van der Waals surface area (Å²) >= 11 is -0.439. The molecule has 0 aromatic heterocycles. The molecular formula is C18H34O4Zn. The second-order valence-electron chi connectivity index (χ2n) is 8.25. The average molecular weight is 380 g/mol. The van der Waals surface area contributed by atoms with E-state index in [1.165, 1.54) is 22.9 Å². The SMILES string of the molecule is CC(C)(C)C(=O)OCCC[CH2][Zn][CH2]CCCOC(=O)C(C)(C)C. The number of hydrogen-bond donors (Lipinski definition) is 0. The van der Waals surface area contributed by atoms with Gasteiger partial charge in [-0.15, -0.1) is 0 Å². The van der Waals surface area contributed by atoms with E-state index in [9.17, 15) is 9.59 Å². The molecule has 0 aromatic rings. The number of esters is 2.